The Bertz CT molecular complexity index is 910. The van der Waals surface area contributed by atoms with Crippen molar-refractivity contribution in [1.82, 2.24) is 10.2 Å². The maximum absolute atomic E-state index is 13.3. The van der Waals surface area contributed by atoms with E-state index in [9.17, 15) is 9.59 Å². The second-order valence-electron chi connectivity index (χ2n) is 8.45. The predicted octanol–water partition coefficient (Wildman–Crippen LogP) is 4.13. The monoisotopic (exact) mass is 440 g/mol. The van der Waals surface area contributed by atoms with Gasteiger partial charge in [0, 0.05) is 19.5 Å². The topological polar surface area (TPSA) is 67.9 Å². The van der Waals surface area contributed by atoms with Crippen LogP contribution in [0.5, 0.6) is 11.5 Å². The van der Waals surface area contributed by atoms with E-state index >= 15 is 0 Å². The Kier molecular flexibility index (Phi) is 9.57. The number of aryl methyl sites for hydroxylation is 2. The molecule has 32 heavy (non-hydrogen) atoms. The van der Waals surface area contributed by atoms with Crippen LogP contribution in [-0.2, 0) is 22.6 Å². The molecule has 0 saturated heterocycles. The molecule has 6 heteroatoms. The largest absolute Gasteiger partial charge is 0.493 e. The number of hydrogen-bond acceptors (Lipinski definition) is 4. The van der Waals surface area contributed by atoms with E-state index in [1.807, 2.05) is 63.2 Å². The molecule has 6 nitrogen and oxygen atoms in total. The lowest BCUT2D eigenvalue weighted by Gasteiger charge is -2.29. The van der Waals surface area contributed by atoms with E-state index in [0.29, 0.717) is 43.3 Å². The maximum Gasteiger partial charge on any atom is 0.242 e. The molecule has 2 aromatic carbocycles. The molecule has 174 valence electrons. The fourth-order valence-corrected chi connectivity index (χ4v) is 3.44. The van der Waals surface area contributed by atoms with Gasteiger partial charge in [0.05, 0.1) is 14.2 Å². The number of benzene rings is 2. The molecule has 1 atom stereocenters. The van der Waals surface area contributed by atoms with Crippen molar-refractivity contribution in [3.05, 3.63) is 59.2 Å². The summed E-state index contributed by atoms with van der Waals surface area (Å²) in [5, 5.41) is 2.96. The first-order valence-electron chi connectivity index (χ1n) is 11.1. The van der Waals surface area contributed by atoms with Crippen molar-refractivity contribution in [2.24, 2.45) is 5.92 Å². The molecule has 2 rings (SSSR count). The van der Waals surface area contributed by atoms with Crippen molar-refractivity contribution in [2.75, 3.05) is 20.8 Å². The minimum atomic E-state index is -0.564. The summed E-state index contributed by atoms with van der Waals surface area (Å²) in [6, 6.07) is 13.0. The molecule has 0 aromatic heterocycles. The zero-order chi connectivity index (χ0) is 23.7. The predicted molar refractivity (Wildman–Crippen MR) is 127 cm³/mol. The molecule has 0 saturated carbocycles. The minimum absolute atomic E-state index is 0.0600. The Balaban J connectivity index is 2.17. The number of carbonyl (C=O) groups excluding carboxylic acids is 2. The zero-order valence-electron chi connectivity index (χ0n) is 20.1. The van der Waals surface area contributed by atoms with E-state index in [0.717, 1.165) is 16.7 Å². The molecule has 0 bridgehead atoms. The Morgan fingerprint density at radius 3 is 2.31 bits per heavy atom. The van der Waals surface area contributed by atoms with Gasteiger partial charge in [0.1, 0.15) is 6.04 Å². The summed E-state index contributed by atoms with van der Waals surface area (Å²) >= 11 is 0. The average Bonchev–Trinajstić information content (AvgIpc) is 2.79. The molecule has 0 aliphatic carbocycles. The average molecular weight is 441 g/mol. The number of nitrogens with zero attached hydrogens (tertiary/aromatic N) is 1. The summed E-state index contributed by atoms with van der Waals surface area (Å²) in [5.74, 6) is 1.44. The van der Waals surface area contributed by atoms with E-state index in [4.69, 9.17) is 9.47 Å². The number of hydrogen-bond donors (Lipinski definition) is 1. The smallest absolute Gasteiger partial charge is 0.242 e. The van der Waals surface area contributed by atoms with Gasteiger partial charge in [0.25, 0.3) is 0 Å². The Labute approximate surface area is 191 Å². The van der Waals surface area contributed by atoms with Gasteiger partial charge >= 0.3 is 0 Å². The summed E-state index contributed by atoms with van der Waals surface area (Å²) < 4.78 is 10.7. The molecule has 0 heterocycles. The summed E-state index contributed by atoms with van der Waals surface area (Å²) in [4.78, 5) is 27.7. The van der Waals surface area contributed by atoms with Gasteiger partial charge in [0.15, 0.2) is 11.5 Å². The maximum atomic E-state index is 13.3. The van der Waals surface area contributed by atoms with Crippen molar-refractivity contribution >= 4 is 11.8 Å². The molecule has 0 radical (unpaired) electrons. The third-order valence-electron chi connectivity index (χ3n) is 5.53. The first-order chi connectivity index (χ1) is 15.3. The number of carbonyl (C=O) groups is 2. The molecule has 2 aromatic rings. The highest BCUT2D eigenvalue weighted by molar-refractivity contribution is 5.87. The van der Waals surface area contributed by atoms with Crippen LogP contribution in [0.25, 0.3) is 0 Å². The van der Waals surface area contributed by atoms with E-state index < -0.39 is 6.04 Å². The fourth-order valence-electron chi connectivity index (χ4n) is 3.44. The summed E-state index contributed by atoms with van der Waals surface area (Å²) in [6.45, 7) is 8.89. The molecular formula is C26H36N2O4. The molecular weight excluding hydrogens is 404 g/mol. The molecule has 0 aliphatic rings. The van der Waals surface area contributed by atoms with Gasteiger partial charge in [-0.2, -0.15) is 0 Å². The standard InChI is InChI=1S/C26H36N2O4/c1-18(2)16-27-26(30)20(4)28(17-22-10-8-7-9-19(22)3)25(29)14-12-21-11-13-23(31-5)24(15-21)32-6/h7-11,13,15,18,20H,12,14,16-17H2,1-6H3,(H,27,30). The summed E-state index contributed by atoms with van der Waals surface area (Å²) in [5.41, 5.74) is 3.11. The van der Waals surface area contributed by atoms with E-state index in [1.165, 1.54) is 0 Å². The van der Waals surface area contributed by atoms with Gasteiger partial charge in [0.2, 0.25) is 11.8 Å². The lowest BCUT2D eigenvalue weighted by Crippen LogP contribution is -2.48. The first-order valence-corrected chi connectivity index (χ1v) is 11.1. The van der Waals surface area contributed by atoms with Crippen LogP contribution < -0.4 is 14.8 Å². The normalized spacial score (nSPS) is 11.7. The van der Waals surface area contributed by atoms with Crippen molar-refractivity contribution < 1.29 is 19.1 Å². The van der Waals surface area contributed by atoms with Crippen LogP contribution in [0, 0.1) is 12.8 Å². The molecule has 0 fully saturated rings. The van der Waals surface area contributed by atoms with Gasteiger partial charge in [-0.05, 0) is 55.0 Å². The summed E-state index contributed by atoms with van der Waals surface area (Å²) in [6.07, 6.45) is 0.840. The van der Waals surface area contributed by atoms with Crippen LogP contribution in [-0.4, -0.2) is 43.5 Å². The van der Waals surface area contributed by atoms with E-state index in [-0.39, 0.29) is 11.8 Å². The van der Waals surface area contributed by atoms with Gasteiger partial charge in [-0.3, -0.25) is 9.59 Å². The number of rotatable bonds is 11. The number of ether oxygens (including phenoxy) is 2. The van der Waals surface area contributed by atoms with Crippen LogP contribution in [0.15, 0.2) is 42.5 Å². The van der Waals surface area contributed by atoms with Crippen molar-refractivity contribution in [3.63, 3.8) is 0 Å². The fraction of sp³-hybridized carbons (Fsp3) is 0.462. The Morgan fingerprint density at radius 1 is 1.00 bits per heavy atom. The highest BCUT2D eigenvalue weighted by Gasteiger charge is 2.26. The third kappa shape index (κ3) is 7.01. The summed E-state index contributed by atoms with van der Waals surface area (Å²) in [7, 11) is 3.18. The van der Waals surface area contributed by atoms with Crippen LogP contribution in [0.2, 0.25) is 0 Å². The quantitative estimate of drug-likeness (QED) is 0.570. The van der Waals surface area contributed by atoms with Crippen LogP contribution >= 0.6 is 0 Å². The van der Waals surface area contributed by atoms with Crippen LogP contribution in [0.1, 0.15) is 43.9 Å². The number of amides is 2. The van der Waals surface area contributed by atoms with Crippen LogP contribution in [0.3, 0.4) is 0 Å². The van der Waals surface area contributed by atoms with E-state index in [2.05, 4.69) is 5.32 Å². The molecule has 2 amide bonds. The van der Waals surface area contributed by atoms with Gasteiger partial charge in [-0.1, -0.05) is 44.2 Å². The van der Waals surface area contributed by atoms with Crippen molar-refractivity contribution in [1.29, 1.82) is 0 Å². The third-order valence-corrected chi connectivity index (χ3v) is 5.53. The number of methoxy groups -OCH3 is 2. The second kappa shape index (κ2) is 12.1. The lowest BCUT2D eigenvalue weighted by molar-refractivity contribution is -0.140. The number of nitrogens with one attached hydrogen (secondary N) is 1. The van der Waals surface area contributed by atoms with E-state index in [1.54, 1.807) is 26.0 Å². The zero-order valence-corrected chi connectivity index (χ0v) is 20.1. The van der Waals surface area contributed by atoms with Crippen molar-refractivity contribution in [2.45, 2.75) is 53.1 Å². The Morgan fingerprint density at radius 2 is 1.69 bits per heavy atom. The SMILES string of the molecule is COc1ccc(CCC(=O)N(Cc2ccccc2C)C(C)C(=O)NCC(C)C)cc1OC. The van der Waals surface area contributed by atoms with Gasteiger partial charge in [-0.25, -0.2) is 0 Å². The van der Waals surface area contributed by atoms with Crippen LogP contribution in [0.4, 0.5) is 0 Å². The van der Waals surface area contributed by atoms with Gasteiger partial charge in [-0.15, -0.1) is 0 Å². The van der Waals surface area contributed by atoms with Crippen molar-refractivity contribution in [3.8, 4) is 11.5 Å². The minimum Gasteiger partial charge on any atom is -0.493 e. The molecule has 0 spiro atoms. The molecule has 0 aliphatic heterocycles. The highest BCUT2D eigenvalue weighted by Crippen LogP contribution is 2.28. The Hall–Kier alpha value is -3.02. The second-order valence-corrected chi connectivity index (χ2v) is 8.45. The lowest BCUT2D eigenvalue weighted by atomic mass is 10.0. The highest BCUT2D eigenvalue weighted by atomic mass is 16.5. The first kappa shape index (κ1) is 25.2. The van der Waals surface area contributed by atoms with Gasteiger partial charge < -0.3 is 19.7 Å². The molecule has 1 N–H and O–H groups in total. The molecule has 1 unspecified atom stereocenters.